The third kappa shape index (κ3) is 2.89. The number of anilines is 1. The molecule has 0 aliphatic rings. The van der Waals surface area contributed by atoms with Crippen LogP contribution in [-0.2, 0) is 0 Å². The van der Waals surface area contributed by atoms with E-state index in [4.69, 9.17) is 0 Å². The standard InChI is InChI=1S/C21H16N4OS2/c1-12-8-9-15-17(10-12)27-20(22-15)24-19(26)18-13(2)25-11-16(23-21(25)28-18)14-6-4-3-5-7-14/h3-11H,1-2H3,(H,22,24,26). The van der Waals surface area contributed by atoms with Crippen LogP contribution in [0.15, 0.2) is 54.7 Å². The third-order valence-electron chi connectivity index (χ3n) is 4.60. The molecule has 0 saturated carbocycles. The van der Waals surface area contributed by atoms with Crippen molar-refractivity contribution in [2.45, 2.75) is 13.8 Å². The van der Waals surface area contributed by atoms with E-state index in [0.717, 1.165) is 32.1 Å². The number of imidazole rings is 1. The maximum absolute atomic E-state index is 12.8. The van der Waals surface area contributed by atoms with Crippen molar-refractivity contribution in [1.29, 1.82) is 0 Å². The van der Waals surface area contributed by atoms with Gasteiger partial charge in [0.1, 0.15) is 4.88 Å². The Morgan fingerprint density at radius 3 is 2.64 bits per heavy atom. The minimum absolute atomic E-state index is 0.148. The van der Waals surface area contributed by atoms with Crippen LogP contribution in [0.5, 0.6) is 0 Å². The summed E-state index contributed by atoms with van der Waals surface area (Å²) in [7, 11) is 0. The van der Waals surface area contributed by atoms with E-state index < -0.39 is 0 Å². The summed E-state index contributed by atoms with van der Waals surface area (Å²) in [6, 6.07) is 16.1. The first-order valence-electron chi connectivity index (χ1n) is 8.81. The molecule has 5 rings (SSSR count). The van der Waals surface area contributed by atoms with Gasteiger partial charge in [0.25, 0.3) is 5.91 Å². The Kier molecular flexibility index (Phi) is 3.99. The van der Waals surface area contributed by atoms with Crippen LogP contribution < -0.4 is 5.32 Å². The molecule has 0 fully saturated rings. The van der Waals surface area contributed by atoms with Crippen molar-refractivity contribution in [3.8, 4) is 11.3 Å². The number of thiazole rings is 2. The van der Waals surface area contributed by atoms with Gasteiger partial charge in [0.15, 0.2) is 10.1 Å². The third-order valence-corrected chi connectivity index (χ3v) is 6.69. The zero-order valence-electron chi connectivity index (χ0n) is 15.3. The average molecular weight is 405 g/mol. The molecule has 3 heterocycles. The molecule has 138 valence electrons. The van der Waals surface area contributed by atoms with Crippen molar-refractivity contribution in [3.63, 3.8) is 0 Å². The number of benzene rings is 2. The highest BCUT2D eigenvalue weighted by Gasteiger charge is 2.19. The molecule has 7 heteroatoms. The maximum Gasteiger partial charge on any atom is 0.269 e. The molecule has 0 saturated heterocycles. The fourth-order valence-corrected chi connectivity index (χ4v) is 5.11. The topological polar surface area (TPSA) is 59.3 Å². The summed E-state index contributed by atoms with van der Waals surface area (Å²) in [6.07, 6.45) is 1.98. The van der Waals surface area contributed by atoms with Crippen LogP contribution in [0.25, 0.3) is 26.4 Å². The number of carbonyl (C=O) groups is 1. The van der Waals surface area contributed by atoms with Crippen molar-refractivity contribution >= 4 is 48.9 Å². The molecule has 5 nitrogen and oxygen atoms in total. The van der Waals surface area contributed by atoms with E-state index in [1.54, 1.807) is 0 Å². The van der Waals surface area contributed by atoms with Gasteiger partial charge < -0.3 is 0 Å². The van der Waals surface area contributed by atoms with Gasteiger partial charge in [0, 0.05) is 17.5 Å². The predicted octanol–water partition coefficient (Wildman–Crippen LogP) is 5.54. The molecule has 28 heavy (non-hydrogen) atoms. The highest BCUT2D eigenvalue weighted by atomic mass is 32.1. The molecular formula is C21H16N4OS2. The van der Waals surface area contributed by atoms with Crippen molar-refractivity contribution in [2.24, 2.45) is 0 Å². The number of hydrogen-bond acceptors (Lipinski definition) is 5. The Balaban J connectivity index is 1.45. The molecule has 2 aromatic carbocycles. The molecule has 0 unspecified atom stereocenters. The molecule has 0 spiro atoms. The Morgan fingerprint density at radius 1 is 1.04 bits per heavy atom. The van der Waals surface area contributed by atoms with Gasteiger partial charge in [-0.05, 0) is 31.5 Å². The monoisotopic (exact) mass is 404 g/mol. The molecule has 3 aromatic heterocycles. The molecule has 5 aromatic rings. The van der Waals surface area contributed by atoms with Crippen molar-refractivity contribution < 1.29 is 4.79 Å². The number of carbonyl (C=O) groups excluding carboxylic acids is 1. The lowest BCUT2D eigenvalue weighted by Crippen LogP contribution is -2.11. The van der Waals surface area contributed by atoms with Crippen LogP contribution in [0.2, 0.25) is 0 Å². The molecular weight excluding hydrogens is 388 g/mol. The van der Waals surface area contributed by atoms with Gasteiger partial charge in [-0.15, -0.1) is 0 Å². The molecule has 0 atom stereocenters. The van der Waals surface area contributed by atoms with Crippen LogP contribution in [0.4, 0.5) is 5.13 Å². The number of hydrogen-bond donors (Lipinski definition) is 1. The number of fused-ring (bicyclic) bond motifs is 2. The number of aryl methyl sites for hydroxylation is 2. The molecule has 0 radical (unpaired) electrons. The van der Waals surface area contributed by atoms with Crippen molar-refractivity contribution in [3.05, 3.63) is 70.9 Å². The minimum atomic E-state index is -0.148. The SMILES string of the molecule is Cc1ccc2nc(NC(=O)c3sc4nc(-c5ccccc5)cn4c3C)sc2c1. The summed E-state index contributed by atoms with van der Waals surface area (Å²) in [5.74, 6) is -0.148. The fourth-order valence-electron chi connectivity index (χ4n) is 3.15. The van der Waals surface area contributed by atoms with E-state index in [9.17, 15) is 4.79 Å². The van der Waals surface area contributed by atoms with Gasteiger partial charge in [-0.1, -0.05) is 59.1 Å². The zero-order chi connectivity index (χ0) is 19.3. The van der Waals surface area contributed by atoms with E-state index in [1.165, 1.54) is 28.2 Å². The molecule has 1 N–H and O–H groups in total. The summed E-state index contributed by atoms with van der Waals surface area (Å²) in [6.45, 7) is 3.99. The Morgan fingerprint density at radius 2 is 1.86 bits per heavy atom. The fraction of sp³-hybridized carbons (Fsp3) is 0.0952. The Labute approximate surface area is 169 Å². The normalized spacial score (nSPS) is 11.4. The molecule has 1 amide bonds. The van der Waals surface area contributed by atoms with E-state index >= 15 is 0 Å². The summed E-state index contributed by atoms with van der Waals surface area (Å²) in [4.78, 5) is 23.5. The minimum Gasteiger partial charge on any atom is -0.297 e. The van der Waals surface area contributed by atoms with Crippen LogP contribution in [0.3, 0.4) is 0 Å². The number of nitrogens with one attached hydrogen (secondary N) is 1. The van der Waals surface area contributed by atoms with Gasteiger partial charge in [-0.25, -0.2) is 9.97 Å². The summed E-state index contributed by atoms with van der Waals surface area (Å²) < 4.78 is 3.05. The predicted molar refractivity (Wildman–Crippen MR) is 116 cm³/mol. The maximum atomic E-state index is 12.8. The number of amides is 1. The second kappa shape index (κ2) is 6.54. The van der Waals surface area contributed by atoms with Crippen molar-refractivity contribution in [2.75, 3.05) is 5.32 Å². The van der Waals surface area contributed by atoms with E-state index in [-0.39, 0.29) is 5.91 Å². The number of aromatic nitrogens is 3. The lowest BCUT2D eigenvalue weighted by atomic mass is 10.2. The van der Waals surface area contributed by atoms with E-state index in [2.05, 4.69) is 21.4 Å². The van der Waals surface area contributed by atoms with Gasteiger partial charge in [0.05, 0.1) is 15.9 Å². The van der Waals surface area contributed by atoms with Gasteiger partial charge in [-0.2, -0.15) is 0 Å². The second-order valence-electron chi connectivity index (χ2n) is 6.61. The summed E-state index contributed by atoms with van der Waals surface area (Å²) in [5.41, 5.74) is 4.93. The summed E-state index contributed by atoms with van der Waals surface area (Å²) in [5, 5.41) is 3.55. The lowest BCUT2D eigenvalue weighted by Gasteiger charge is -2.00. The van der Waals surface area contributed by atoms with Crippen LogP contribution >= 0.6 is 22.7 Å². The van der Waals surface area contributed by atoms with Gasteiger partial charge >= 0.3 is 0 Å². The molecule has 0 aliphatic heterocycles. The largest absolute Gasteiger partial charge is 0.297 e. The average Bonchev–Trinajstić information content (AvgIpc) is 3.36. The number of rotatable bonds is 3. The zero-order valence-corrected chi connectivity index (χ0v) is 16.9. The van der Waals surface area contributed by atoms with Crippen LogP contribution in [0.1, 0.15) is 20.9 Å². The highest BCUT2D eigenvalue weighted by Crippen LogP contribution is 2.30. The Bertz CT molecular complexity index is 1330. The van der Waals surface area contributed by atoms with Gasteiger partial charge in [-0.3, -0.25) is 14.5 Å². The van der Waals surface area contributed by atoms with E-state index in [1.807, 2.05) is 66.9 Å². The molecule has 0 aliphatic carbocycles. The van der Waals surface area contributed by atoms with Gasteiger partial charge in [0.2, 0.25) is 0 Å². The van der Waals surface area contributed by atoms with Crippen LogP contribution in [-0.4, -0.2) is 20.3 Å². The Hall–Kier alpha value is -3.03. The van der Waals surface area contributed by atoms with Crippen LogP contribution in [0, 0.1) is 13.8 Å². The van der Waals surface area contributed by atoms with E-state index in [0.29, 0.717) is 10.0 Å². The first-order valence-corrected chi connectivity index (χ1v) is 10.4. The smallest absolute Gasteiger partial charge is 0.269 e. The van der Waals surface area contributed by atoms with Crippen molar-refractivity contribution in [1.82, 2.24) is 14.4 Å². The summed E-state index contributed by atoms with van der Waals surface area (Å²) >= 11 is 2.88. The second-order valence-corrected chi connectivity index (χ2v) is 8.61. The molecule has 0 bridgehead atoms. The first kappa shape index (κ1) is 17.1. The first-order chi connectivity index (χ1) is 13.6. The quantitative estimate of drug-likeness (QED) is 0.429. The highest BCUT2D eigenvalue weighted by molar-refractivity contribution is 7.22. The number of nitrogens with zero attached hydrogens (tertiary/aromatic N) is 3. The lowest BCUT2D eigenvalue weighted by molar-refractivity contribution is 0.102.